The minimum atomic E-state index is -0.313. The highest BCUT2D eigenvalue weighted by molar-refractivity contribution is 6.34. The van der Waals surface area contributed by atoms with E-state index < -0.39 is 0 Å². The molecule has 0 fully saturated rings. The number of rotatable bonds is 5. The smallest absolute Gasteiger partial charge is 0.193 e. The first-order valence-electron chi connectivity index (χ1n) is 13.8. The molecule has 0 saturated carbocycles. The van der Waals surface area contributed by atoms with E-state index in [4.69, 9.17) is 4.99 Å². The van der Waals surface area contributed by atoms with E-state index >= 15 is 0 Å². The second-order valence-electron chi connectivity index (χ2n) is 10.6. The van der Waals surface area contributed by atoms with Gasteiger partial charge in [-0.05, 0) is 67.8 Å². The lowest BCUT2D eigenvalue weighted by atomic mass is 9.69. The van der Waals surface area contributed by atoms with Gasteiger partial charge in [0.2, 0.25) is 0 Å². The minimum absolute atomic E-state index is 0.0663. The van der Waals surface area contributed by atoms with E-state index in [-0.39, 0.29) is 11.2 Å². The van der Waals surface area contributed by atoms with Gasteiger partial charge in [0.1, 0.15) is 0 Å². The molecule has 0 spiro atoms. The van der Waals surface area contributed by atoms with Crippen molar-refractivity contribution < 1.29 is 4.79 Å². The van der Waals surface area contributed by atoms with Crippen molar-refractivity contribution in [3.05, 3.63) is 131 Å². The molecule has 0 bridgehead atoms. The van der Waals surface area contributed by atoms with Gasteiger partial charge in [-0.15, -0.1) is 0 Å². The lowest BCUT2D eigenvalue weighted by molar-refractivity contribution is 0.103. The van der Waals surface area contributed by atoms with Crippen LogP contribution in [0.4, 0.5) is 5.69 Å². The Morgan fingerprint density at radius 2 is 1.62 bits per heavy atom. The predicted molar refractivity (Wildman–Crippen MR) is 162 cm³/mol. The molecule has 3 heteroatoms. The number of ketones is 1. The Balaban J connectivity index is 1.42. The minimum Gasteiger partial charge on any atom is -0.341 e. The van der Waals surface area contributed by atoms with Gasteiger partial charge in [0.15, 0.2) is 5.78 Å². The third-order valence-electron chi connectivity index (χ3n) is 8.65. The summed E-state index contributed by atoms with van der Waals surface area (Å²) < 4.78 is 2.35. The molecular formula is C36H30N2O. The van der Waals surface area contributed by atoms with Gasteiger partial charge in [-0.2, -0.15) is 0 Å². The molecule has 1 atom stereocenters. The number of carbonyl (C=O) groups excluding carboxylic acids is 1. The van der Waals surface area contributed by atoms with Crippen LogP contribution >= 0.6 is 0 Å². The van der Waals surface area contributed by atoms with Crippen LogP contribution in [-0.4, -0.2) is 16.1 Å². The highest BCUT2D eigenvalue weighted by atomic mass is 16.1. The molecule has 0 radical (unpaired) electrons. The quantitative estimate of drug-likeness (QED) is 0.219. The maximum absolute atomic E-state index is 13.5. The zero-order chi connectivity index (χ0) is 26.7. The van der Waals surface area contributed by atoms with Crippen molar-refractivity contribution in [2.45, 2.75) is 39.2 Å². The fourth-order valence-corrected chi connectivity index (χ4v) is 6.57. The first-order valence-corrected chi connectivity index (χ1v) is 13.8. The van der Waals surface area contributed by atoms with Crippen LogP contribution in [0.15, 0.2) is 108 Å². The molecule has 1 aliphatic heterocycles. The van der Waals surface area contributed by atoms with Crippen LogP contribution in [0.5, 0.6) is 0 Å². The van der Waals surface area contributed by atoms with Gasteiger partial charge < -0.3 is 4.57 Å². The molecule has 4 aromatic carbocycles. The van der Waals surface area contributed by atoms with Crippen LogP contribution in [0.2, 0.25) is 0 Å². The van der Waals surface area contributed by atoms with Crippen molar-refractivity contribution in [3.8, 4) is 0 Å². The zero-order valence-electron chi connectivity index (χ0n) is 22.5. The van der Waals surface area contributed by atoms with Crippen molar-refractivity contribution in [2.24, 2.45) is 4.99 Å². The number of allylic oxidation sites excluding steroid dienone is 4. The van der Waals surface area contributed by atoms with Crippen molar-refractivity contribution in [1.82, 2.24) is 4.57 Å². The molecule has 0 amide bonds. The van der Waals surface area contributed by atoms with Crippen LogP contribution in [0.3, 0.4) is 0 Å². The van der Waals surface area contributed by atoms with Gasteiger partial charge in [0.05, 0.1) is 16.8 Å². The van der Waals surface area contributed by atoms with Crippen LogP contribution in [0.1, 0.15) is 52.9 Å². The third kappa shape index (κ3) is 3.36. The fraction of sp³-hybridized carbons (Fsp3) is 0.167. The lowest BCUT2D eigenvalue weighted by Gasteiger charge is -2.33. The summed E-state index contributed by atoms with van der Waals surface area (Å²) in [5.74, 6) is 0.0663. The van der Waals surface area contributed by atoms with Crippen LogP contribution < -0.4 is 0 Å². The van der Waals surface area contributed by atoms with Gasteiger partial charge in [0, 0.05) is 50.6 Å². The van der Waals surface area contributed by atoms with Crippen molar-refractivity contribution >= 4 is 44.6 Å². The van der Waals surface area contributed by atoms with Gasteiger partial charge >= 0.3 is 0 Å². The van der Waals surface area contributed by atoms with Gasteiger partial charge in [0.25, 0.3) is 0 Å². The Morgan fingerprint density at radius 1 is 0.872 bits per heavy atom. The van der Waals surface area contributed by atoms with E-state index in [1.165, 1.54) is 27.6 Å². The van der Waals surface area contributed by atoms with E-state index in [1.807, 2.05) is 37.3 Å². The molecule has 3 nitrogen and oxygen atoms in total. The van der Waals surface area contributed by atoms with Gasteiger partial charge in [-0.1, -0.05) is 73.7 Å². The summed E-state index contributed by atoms with van der Waals surface area (Å²) >= 11 is 0. The second kappa shape index (κ2) is 8.78. The molecular weight excluding hydrogens is 476 g/mol. The van der Waals surface area contributed by atoms with Crippen LogP contribution in [0, 0.1) is 6.92 Å². The summed E-state index contributed by atoms with van der Waals surface area (Å²) in [7, 11) is 0. The number of hydrogen-bond donors (Lipinski definition) is 0. The number of fused-ring (bicyclic) bond motifs is 6. The molecule has 2 heterocycles. The average molecular weight is 507 g/mol. The normalized spacial score (nSPS) is 17.7. The average Bonchev–Trinajstić information content (AvgIpc) is 3.52. The molecule has 1 unspecified atom stereocenters. The molecule has 0 N–H and O–H groups in total. The van der Waals surface area contributed by atoms with Crippen molar-refractivity contribution in [1.29, 1.82) is 0 Å². The van der Waals surface area contributed by atoms with E-state index in [1.54, 1.807) is 0 Å². The number of para-hydroxylation sites is 1. The number of aliphatic imine (C=N–C) groups is 1. The molecule has 1 aromatic heterocycles. The zero-order valence-corrected chi connectivity index (χ0v) is 22.5. The Bertz CT molecular complexity index is 1920. The van der Waals surface area contributed by atoms with Crippen molar-refractivity contribution in [2.75, 3.05) is 0 Å². The standard InChI is InChI=1S/C36H30N2O/c1-4-36(20-10-14-28-27-13-8-9-15-31(27)37-35(28)36)25-17-19-33-30(22-25)29-21-24(16-18-32(29)38(33)5-2)34(39)26-12-7-6-11-23(26)3/h6-22H,4-5H2,1-3H3. The second-order valence-corrected chi connectivity index (χ2v) is 10.6. The van der Waals surface area contributed by atoms with E-state index in [0.717, 1.165) is 52.0 Å². The van der Waals surface area contributed by atoms with Gasteiger partial charge in [-0.25, -0.2) is 0 Å². The first kappa shape index (κ1) is 23.6. The molecule has 2 aliphatic rings. The molecule has 0 saturated heterocycles. The number of benzene rings is 4. The predicted octanol–water partition coefficient (Wildman–Crippen LogP) is 8.74. The molecule has 1 aliphatic carbocycles. The van der Waals surface area contributed by atoms with E-state index in [2.05, 4.69) is 91.2 Å². The first-order chi connectivity index (χ1) is 19.1. The molecule has 5 aromatic rings. The summed E-state index contributed by atoms with van der Waals surface area (Å²) in [6.07, 6.45) is 7.61. The number of aromatic nitrogens is 1. The summed E-state index contributed by atoms with van der Waals surface area (Å²) in [6.45, 7) is 7.28. The van der Waals surface area contributed by atoms with E-state index in [9.17, 15) is 4.79 Å². The number of nitrogens with zero attached hydrogens (tertiary/aromatic N) is 2. The maximum atomic E-state index is 13.5. The summed E-state index contributed by atoms with van der Waals surface area (Å²) in [5.41, 5.74) is 10.3. The summed E-state index contributed by atoms with van der Waals surface area (Å²) in [4.78, 5) is 18.7. The van der Waals surface area contributed by atoms with Gasteiger partial charge in [-0.3, -0.25) is 9.79 Å². The highest BCUT2D eigenvalue weighted by Gasteiger charge is 2.40. The molecule has 39 heavy (non-hydrogen) atoms. The van der Waals surface area contributed by atoms with Crippen LogP contribution in [0.25, 0.3) is 27.4 Å². The van der Waals surface area contributed by atoms with E-state index in [0.29, 0.717) is 0 Å². The Kier molecular flexibility index (Phi) is 5.31. The summed E-state index contributed by atoms with van der Waals surface area (Å²) in [6, 6.07) is 29.3. The largest absolute Gasteiger partial charge is 0.341 e. The van der Waals surface area contributed by atoms with Crippen molar-refractivity contribution in [3.63, 3.8) is 0 Å². The Labute approximate surface area is 228 Å². The molecule has 7 rings (SSSR count). The number of aryl methyl sites for hydroxylation is 2. The fourth-order valence-electron chi connectivity index (χ4n) is 6.57. The Morgan fingerprint density at radius 3 is 2.41 bits per heavy atom. The molecule has 190 valence electrons. The SMILES string of the molecule is CCn1c2ccc(C(=O)c3ccccc3C)cc2c2cc(C3(CC)C=CC=C4C3=Nc3ccccc34)ccc21. The Hall–Kier alpha value is -4.50. The number of hydrogen-bond acceptors (Lipinski definition) is 2. The lowest BCUT2D eigenvalue weighted by Crippen LogP contribution is -2.34. The summed E-state index contributed by atoms with van der Waals surface area (Å²) in [5, 5.41) is 2.30. The number of carbonyl (C=O) groups is 1. The monoisotopic (exact) mass is 506 g/mol. The van der Waals surface area contributed by atoms with Crippen LogP contribution in [-0.2, 0) is 12.0 Å². The topological polar surface area (TPSA) is 34.4 Å². The third-order valence-corrected chi connectivity index (χ3v) is 8.65. The maximum Gasteiger partial charge on any atom is 0.193 e. The highest BCUT2D eigenvalue weighted by Crippen LogP contribution is 2.47.